The number of hydrogen-bond donors (Lipinski definition) is 2. The minimum atomic E-state index is -4.67. The summed E-state index contributed by atoms with van der Waals surface area (Å²) in [5.74, 6) is -1.50. The molecule has 1 aromatic heterocycles. The number of aryl methyl sites for hydroxylation is 1. The normalized spacial score (nSPS) is 17.8. The molecule has 28 heavy (non-hydrogen) atoms. The van der Waals surface area contributed by atoms with Crippen LogP contribution in [0.15, 0.2) is 24.3 Å². The first-order valence-electron chi connectivity index (χ1n) is 7.87. The number of alkyl carbamates (subject to hydrolysis) is 1. The predicted octanol–water partition coefficient (Wildman–Crippen LogP) is 2.55. The summed E-state index contributed by atoms with van der Waals surface area (Å²) in [7, 11) is 1.10. The Kier molecular flexibility index (Phi) is 5.20. The second kappa shape index (κ2) is 7.30. The van der Waals surface area contributed by atoms with Crippen LogP contribution >= 0.6 is 11.6 Å². The molecule has 1 aliphatic rings. The summed E-state index contributed by atoms with van der Waals surface area (Å²) in [5.41, 5.74) is -0.990. The Morgan fingerprint density at radius 3 is 2.68 bits per heavy atom. The van der Waals surface area contributed by atoms with Crippen molar-refractivity contribution in [3.8, 4) is 0 Å². The van der Waals surface area contributed by atoms with E-state index in [9.17, 15) is 27.2 Å². The van der Waals surface area contributed by atoms with Crippen molar-refractivity contribution in [3.05, 3.63) is 52.1 Å². The smallest absolute Gasteiger partial charge is 0.433 e. The molecule has 150 valence electrons. The molecule has 3 rings (SSSR count). The summed E-state index contributed by atoms with van der Waals surface area (Å²) in [6.07, 6.45) is -6.63. The first kappa shape index (κ1) is 19.9. The van der Waals surface area contributed by atoms with Gasteiger partial charge in [0.15, 0.2) is 6.10 Å². The summed E-state index contributed by atoms with van der Waals surface area (Å²) < 4.78 is 58.2. The molecule has 2 amide bonds. The standard InChI is InChI=1S/C16H13ClF4N4O3/c1-25-12(16(19,20)21)5-10(24-25)13(7-2-3-9(18)8(17)4-7)23-14(26)11-6-22-15(27)28-11/h2-5,11,13H,6H2,1H3,(H,22,27)(H,23,26)/t11-,13-/m0/s1. The molecule has 2 heterocycles. The van der Waals surface area contributed by atoms with E-state index in [0.29, 0.717) is 4.68 Å². The summed E-state index contributed by atoms with van der Waals surface area (Å²) in [6.45, 7) is -0.0996. The minimum absolute atomic E-state index is 0.0996. The van der Waals surface area contributed by atoms with Crippen LogP contribution in [0.1, 0.15) is 23.0 Å². The van der Waals surface area contributed by atoms with Crippen molar-refractivity contribution in [2.45, 2.75) is 18.3 Å². The molecular weight excluding hydrogens is 408 g/mol. The topological polar surface area (TPSA) is 85.3 Å². The fourth-order valence-electron chi connectivity index (χ4n) is 2.69. The van der Waals surface area contributed by atoms with Gasteiger partial charge in [-0.25, -0.2) is 9.18 Å². The van der Waals surface area contributed by atoms with Crippen molar-refractivity contribution in [1.29, 1.82) is 0 Å². The molecule has 1 saturated heterocycles. The molecule has 0 aliphatic carbocycles. The van der Waals surface area contributed by atoms with Gasteiger partial charge in [0.2, 0.25) is 0 Å². The Morgan fingerprint density at radius 1 is 1.43 bits per heavy atom. The van der Waals surface area contributed by atoms with Crippen LogP contribution in [0.4, 0.5) is 22.4 Å². The van der Waals surface area contributed by atoms with Crippen LogP contribution in [-0.2, 0) is 22.8 Å². The number of rotatable bonds is 4. The van der Waals surface area contributed by atoms with Gasteiger partial charge in [-0.3, -0.25) is 9.48 Å². The van der Waals surface area contributed by atoms with Crippen LogP contribution < -0.4 is 10.6 Å². The average molecular weight is 421 g/mol. The Labute approximate surface area is 160 Å². The van der Waals surface area contributed by atoms with Gasteiger partial charge in [-0.1, -0.05) is 17.7 Å². The van der Waals surface area contributed by atoms with Gasteiger partial charge in [0.05, 0.1) is 23.3 Å². The van der Waals surface area contributed by atoms with Gasteiger partial charge in [-0.05, 0) is 23.8 Å². The highest BCUT2D eigenvalue weighted by Crippen LogP contribution is 2.32. The highest BCUT2D eigenvalue weighted by Gasteiger charge is 2.37. The molecule has 2 N–H and O–H groups in total. The number of nitrogens with zero attached hydrogens (tertiary/aromatic N) is 2. The van der Waals surface area contributed by atoms with Crippen LogP contribution in [0.3, 0.4) is 0 Å². The maximum absolute atomic E-state index is 13.5. The molecule has 2 atom stereocenters. The van der Waals surface area contributed by atoms with Gasteiger partial charge in [-0.15, -0.1) is 0 Å². The van der Waals surface area contributed by atoms with Crippen molar-refractivity contribution < 1.29 is 31.9 Å². The van der Waals surface area contributed by atoms with Crippen LogP contribution in [0.5, 0.6) is 0 Å². The van der Waals surface area contributed by atoms with Gasteiger partial charge < -0.3 is 15.4 Å². The van der Waals surface area contributed by atoms with Crippen molar-refractivity contribution in [3.63, 3.8) is 0 Å². The number of cyclic esters (lactones) is 1. The highest BCUT2D eigenvalue weighted by atomic mass is 35.5. The number of carbonyl (C=O) groups excluding carboxylic acids is 2. The molecule has 7 nitrogen and oxygen atoms in total. The first-order chi connectivity index (χ1) is 13.1. The van der Waals surface area contributed by atoms with Gasteiger partial charge >= 0.3 is 12.3 Å². The number of hydrogen-bond acceptors (Lipinski definition) is 4. The number of ether oxygens (including phenoxy) is 1. The molecule has 0 radical (unpaired) electrons. The predicted molar refractivity (Wildman–Crippen MR) is 87.9 cm³/mol. The molecule has 1 aliphatic heterocycles. The fourth-order valence-corrected chi connectivity index (χ4v) is 2.87. The van der Waals surface area contributed by atoms with Gasteiger partial charge in [0, 0.05) is 7.05 Å². The summed E-state index contributed by atoms with van der Waals surface area (Å²) in [4.78, 5) is 23.5. The van der Waals surface area contributed by atoms with E-state index in [1.54, 1.807) is 0 Å². The number of benzene rings is 1. The maximum Gasteiger partial charge on any atom is 0.433 e. The zero-order valence-corrected chi connectivity index (χ0v) is 14.9. The lowest BCUT2D eigenvalue weighted by molar-refractivity contribution is -0.143. The number of nitrogens with one attached hydrogen (secondary N) is 2. The van der Waals surface area contributed by atoms with E-state index >= 15 is 0 Å². The lowest BCUT2D eigenvalue weighted by Gasteiger charge is -2.19. The van der Waals surface area contributed by atoms with Crippen molar-refractivity contribution >= 4 is 23.6 Å². The fraction of sp³-hybridized carbons (Fsp3) is 0.312. The molecule has 0 spiro atoms. The first-order valence-corrected chi connectivity index (χ1v) is 8.25. The van der Waals surface area contributed by atoms with E-state index in [4.69, 9.17) is 16.3 Å². The van der Waals surface area contributed by atoms with E-state index in [2.05, 4.69) is 15.7 Å². The van der Waals surface area contributed by atoms with Gasteiger partial charge in [0.25, 0.3) is 5.91 Å². The van der Waals surface area contributed by atoms with E-state index in [1.807, 2.05) is 0 Å². The highest BCUT2D eigenvalue weighted by molar-refractivity contribution is 6.30. The molecule has 1 fully saturated rings. The quantitative estimate of drug-likeness (QED) is 0.744. The number of amides is 2. The number of carbonyl (C=O) groups is 2. The molecule has 2 aromatic rings. The third-order valence-electron chi connectivity index (χ3n) is 4.02. The number of alkyl halides is 3. The second-order valence-corrected chi connectivity index (χ2v) is 6.37. The Hall–Kier alpha value is -2.82. The van der Waals surface area contributed by atoms with Crippen molar-refractivity contribution in [1.82, 2.24) is 20.4 Å². The molecule has 0 saturated carbocycles. The summed E-state index contributed by atoms with van der Waals surface area (Å²) in [6, 6.07) is 3.02. The largest absolute Gasteiger partial charge is 0.434 e. The summed E-state index contributed by atoms with van der Waals surface area (Å²) in [5, 5.41) is 8.30. The Balaban J connectivity index is 1.98. The van der Waals surface area contributed by atoms with E-state index in [-0.39, 0.29) is 22.8 Å². The zero-order chi connectivity index (χ0) is 20.6. The van der Waals surface area contributed by atoms with Gasteiger partial charge in [-0.2, -0.15) is 18.3 Å². The van der Waals surface area contributed by atoms with E-state index in [1.165, 1.54) is 12.1 Å². The van der Waals surface area contributed by atoms with Crippen LogP contribution in [0, 0.1) is 5.82 Å². The molecule has 1 aromatic carbocycles. The Bertz CT molecular complexity index is 931. The number of aromatic nitrogens is 2. The molecular formula is C16H13ClF4N4O3. The second-order valence-electron chi connectivity index (χ2n) is 5.97. The Morgan fingerprint density at radius 2 is 2.14 bits per heavy atom. The average Bonchev–Trinajstić information content (AvgIpc) is 3.20. The van der Waals surface area contributed by atoms with Crippen molar-refractivity contribution in [2.75, 3.05) is 6.54 Å². The lowest BCUT2D eigenvalue weighted by atomic mass is 10.0. The van der Waals surface area contributed by atoms with Crippen LogP contribution in [0.25, 0.3) is 0 Å². The maximum atomic E-state index is 13.5. The van der Waals surface area contributed by atoms with Gasteiger partial charge in [0.1, 0.15) is 11.5 Å². The zero-order valence-electron chi connectivity index (χ0n) is 14.2. The third kappa shape index (κ3) is 4.03. The molecule has 0 unspecified atom stereocenters. The molecule has 0 bridgehead atoms. The SMILES string of the molecule is Cn1nc([C@@H](NC(=O)[C@@H]2CNC(=O)O2)c2ccc(F)c(Cl)c2)cc1C(F)(F)F. The summed E-state index contributed by atoms with van der Waals surface area (Å²) >= 11 is 5.76. The number of halogens is 5. The van der Waals surface area contributed by atoms with Crippen LogP contribution in [0.2, 0.25) is 5.02 Å². The van der Waals surface area contributed by atoms with Crippen LogP contribution in [-0.4, -0.2) is 34.4 Å². The lowest BCUT2D eigenvalue weighted by Crippen LogP contribution is -2.39. The third-order valence-corrected chi connectivity index (χ3v) is 4.31. The molecule has 12 heteroatoms. The van der Waals surface area contributed by atoms with Crippen molar-refractivity contribution in [2.24, 2.45) is 7.05 Å². The monoisotopic (exact) mass is 420 g/mol. The van der Waals surface area contributed by atoms with E-state index in [0.717, 1.165) is 19.2 Å². The minimum Gasteiger partial charge on any atom is -0.434 e. The van der Waals surface area contributed by atoms with E-state index < -0.39 is 41.8 Å².